The first-order valence-corrected chi connectivity index (χ1v) is 4.04. The van der Waals surface area contributed by atoms with Crippen molar-refractivity contribution in [2.45, 2.75) is 0 Å². The summed E-state index contributed by atoms with van der Waals surface area (Å²) in [4.78, 5) is 0. The summed E-state index contributed by atoms with van der Waals surface area (Å²) in [5.74, 6) is -1.40. The van der Waals surface area contributed by atoms with Crippen LogP contribution >= 0.6 is 11.6 Å². The van der Waals surface area contributed by atoms with E-state index in [1.54, 1.807) is 0 Å². The van der Waals surface area contributed by atoms with Crippen molar-refractivity contribution >= 4 is 17.7 Å². The van der Waals surface area contributed by atoms with Gasteiger partial charge in [0, 0.05) is 12.1 Å². The van der Waals surface area contributed by atoms with Gasteiger partial charge in [0.1, 0.15) is 5.82 Å². The second-order valence-electron chi connectivity index (χ2n) is 2.39. The molecule has 13 heavy (non-hydrogen) atoms. The molecule has 0 amide bonds. The Bertz CT molecular complexity index is 337. The van der Waals surface area contributed by atoms with Gasteiger partial charge in [-0.2, -0.15) is 0 Å². The molecule has 0 aromatic heterocycles. The van der Waals surface area contributed by atoms with Gasteiger partial charge in [0.2, 0.25) is 0 Å². The SMILES string of the molecule is NCC=Cc1c(F)ccc(Cl)c1F. The Morgan fingerprint density at radius 1 is 1.38 bits per heavy atom. The molecule has 1 aromatic rings. The van der Waals surface area contributed by atoms with Crippen LogP contribution in [0.15, 0.2) is 18.2 Å². The first-order chi connectivity index (χ1) is 6.16. The van der Waals surface area contributed by atoms with Crippen molar-refractivity contribution in [2.24, 2.45) is 5.73 Å². The lowest BCUT2D eigenvalue weighted by Gasteiger charge is -2.00. The second-order valence-corrected chi connectivity index (χ2v) is 2.80. The van der Waals surface area contributed by atoms with Gasteiger partial charge < -0.3 is 5.73 Å². The van der Waals surface area contributed by atoms with Crippen LogP contribution in [-0.2, 0) is 0 Å². The standard InChI is InChI=1S/C9H8ClF2N/c10-7-3-4-8(11)6(9(7)12)2-1-5-13/h1-4H,5,13H2. The predicted molar refractivity (Wildman–Crippen MR) is 49.5 cm³/mol. The minimum Gasteiger partial charge on any atom is -0.327 e. The van der Waals surface area contributed by atoms with Gasteiger partial charge in [-0.25, -0.2) is 8.78 Å². The summed E-state index contributed by atoms with van der Waals surface area (Å²) in [5.41, 5.74) is 5.00. The van der Waals surface area contributed by atoms with E-state index < -0.39 is 11.6 Å². The van der Waals surface area contributed by atoms with E-state index in [1.165, 1.54) is 18.2 Å². The zero-order chi connectivity index (χ0) is 9.84. The van der Waals surface area contributed by atoms with Crippen LogP contribution in [0, 0.1) is 11.6 Å². The van der Waals surface area contributed by atoms with Crippen molar-refractivity contribution in [2.75, 3.05) is 6.54 Å². The van der Waals surface area contributed by atoms with Gasteiger partial charge in [-0.15, -0.1) is 0 Å². The number of halogens is 3. The summed E-state index contributed by atoms with van der Waals surface area (Å²) in [6.07, 6.45) is 2.73. The van der Waals surface area contributed by atoms with Gasteiger partial charge in [-0.3, -0.25) is 0 Å². The third kappa shape index (κ3) is 2.26. The molecule has 0 radical (unpaired) electrons. The second kappa shape index (κ2) is 4.35. The van der Waals surface area contributed by atoms with E-state index in [1.807, 2.05) is 0 Å². The molecule has 70 valence electrons. The summed E-state index contributed by atoms with van der Waals surface area (Å²) in [6.45, 7) is 0.228. The first-order valence-electron chi connectivity index (χ1n) is 3.67. The Morgan fingerprint density at radius 3 is 2.69 bits per heavy atom. The fourth-order valence-corrected chi connectivity index (χ4v) is 1.05. The molecule has 1 aromatic carbocycles. The molecule has 1 nitrogen and oxygen atoms in total. The fourth-order valence-electron chi connectivity index (χ4n) is 0.881. The maximum atomic E-state index is 13.1. The Kier molecular flexibility index (Phi) is 3.39. The summed E-state index contributed by atoms with van der Waals surface area (Å²) < 4.78 is 26.1. The van der Waals surface area contributed by atoms with E-state index in [2.05, 4.69) is 0 Å². The van der Waals surface area contributed by atoms with Crippen molar-refractivity contribution in [3.8, 4) is 0 Å². The molecule has 0 aliphatic heterocycles. The van der Waals surface area contributed by atoms with Crippen LogP contribution < -0.4 is 5.73 Å². The summed E-state index contributed by atoms with van der Waals surface area (Å²) in [7, 11) is 0. The van der Waals surface area contributed by atoms with E-state index in [4.69, 9.17) is 17.3 Å². The lowest BCUT2D eigenvalue weighted by atomic mass is 10.2. The molecule has 0 heterocycles. The number of rotatable bonds is 2. The molecular formula is C9H8ClF2N. The Morgan fingerprint density at radius 2 is 2.08 bits per heavy atom. The largest absolute Gasteiger partial charge is 0.327 e. The van der Waals surface area contributed by atoms with Crippen LogP contribution in [0.4, 0.5) is 8.78 Å². The van der Waals surface area contributed by atoms with Crippen LogP contribution in [0.5, 0.6) is 0 Å². The molecule has 0 aliphatic rings. The molecule has 0 saturated carbocycles. The summed E-state index contributed by atoms with van der Waals surface area (Å²) in [6, 6.07) is 2.29. The molecular weight excluding hydrogens is 196 g/mol. The van der Waals surface area contributed by atoms with E-state index in [0.717, 1.165) is 6.07 Å². The highest BCUT2D eigenvalue weighted by molar-refractivity contribution is 6.30. The Balaban J connectivity index is 3.17. The molecule has 0 fully saturated rings. The molecule has 0 bridgehead atoms. The Hall–Kier alpha value is -0.930. The number of hydrogen-bond donors (Lipinski definition) is 1. The summed E-state index contributed by atoms with van der Waals surface area (Å²) >= 11 is 5.46. The van der Waals surface area contributed by atoms with E-state index in [0.29, 0.717) is 0 Å². The van der Waals surface area contributed by atoms with E-state index in [9.17, 15) is 8.78 Å². The maximum absolute atomic E-state index is 13.1. The van der Waals surface area contributed by atoms with E-state index >= 15 is 0 Å². The third-order valence-electron chi connectivity index (χ3n) is 1.50. The van der Waals surface area contributed by atoms with Crippen LogP contribution in [0.25, 0.3) is 6.08 Å². The van der Waals surface area contributed by atoms with Gasteiger partial charge in [-0.1, -0.05) is 23.8 Å². The monoisotopic (exact) mass is 203 g/mol. The average molecular weight is 204 g/mol. The molecule has 0 atom stereocenters. The fraction of sp³-hybridized carbons (Fsp3) is 0.111. The van der Waals surface area contributed by atoms with Crippen molar-refractivity contribution in [1.29, 1.82) is 0 Å². The molecule has 0 aliphatic carbocycles. The zero-order valence-electron chi connectivity index (χ0n) is 6.73. The molecule has 0 unspecified atom stereocenters. The normalized spacial score (nSPS) is 11.1. The first kappa shape index (κ1) is 10.2. The van der Waals surface area contributed by atoms with Crippen LogP contribution in [-0.4, -0.2) is 6.54 Å². The highest BCUT2D eigenvalue weighted by Crippen LogP contribution is 2.21. The molecule has 2 N–H and O–H groups in total. The molecule has 4 heteroatoms. The number of hydrogen-bond acceptors (Lipinski definition) is 1. The minimum absolute atomic E-state index is 0.0990. The van der Waals surface area contributed by atoms with Crippen molar-refractivity contribution in [3.05, 3.63) is 40.4 Å². The van der Waals surface area contributed by atoms with Crippen molar-refractivity contribution in [1.82, 2.24) is 0 Å². The predicted octanol–water partition coefficient (Wildman–Crippen LogP) is 2.59. The topological polar surface area (TPSA) is 26.0 Å². The highest BCUT2D eigenvalue weighted by atomic mass is 35.5. The lowest BCUT2D eigenvalue weighted by Crippen LogP contribution is -1.94. The van der Waals surface area contributed by atoms with Gasteiger partial charge >= 0.3 is 0 Å². The Labute approximate surface area is 79.8 Å². The van der Waals surface area contributed by atoms with Gasteiger partial charge in [0.15, 0.2) is 5.82 Å². The smallest absolute Gasteiger partial charge is 0.151 e. The van der Waals surface area contributed by atoms with Gasteiger partial charge in [0.25, 0.3) is 0 Å². The van der Waals surface area contributed by atoms with Crippen LogP contribution in [0.2, 0.25) is 5.02 Å². The molecule has 0 spiro atoms. The quantitative estimate of drug-likeness (QED) is 0.735. The van der Waals surface area contributed by atoms with Crippen molar-refractivity contribution < 1.29 is 8.78 Å². The highest BCUT2D eigenvalue weighted by Gasteiger charge is 2.08. The minimum atomic E-state index is -0.758. The molecule has 0 saturated heterocycles. The van der Waals surface area contributed by atoms with Gasteiger partial charge in [0.05, 0.1) is 5.02 Å². The third-order valence-corrected chi connectivity index (χ3v) is 1.79. The van der Waals surface area contributed by atoms with Crippen molar-refractivity contribution in [3.63, 3.8) is 0 Å². The van der Waals surface area contributed by atoms with Crippen LogP contribution in [0.3, 0.4) is 0 Å². The van der Waals surface area contributed by atoms with Crippen LogP contribution in [0.1, 0.15) is 5.56 Å². The zero-order valence-corrected chi connectivity index (χ0v) is 7.48. The average Bonchev–Trinajstić information content (AvgIpc) is 2.12. The summed E-state index contributed by atoms with van der Waals surface area (Å²) in [5, 5.41) is -0.0990. The van der Waals surface area contributed by atoms with E-state index in [-0.39, 0.29) is 17.1 Å². The number of nitrogens with two attached hydrogens (primary N) is 1. The lowest BCUT2D eigenvalue weighted by molar-refractivity contribution is 0.579. The van der Waals surface area contributed by atoms with Gasteiger partial charge in [-0.05, 0) is 12.1 Å². The maximum Gasteiger partial charge on any atom is 0.151 e. The molecule has 1 rings (SSSR count). The number of benzene rings is 1.